The predicted molar refractivity (Wildman–Crippen MR) is 86.1 cm³/mol. The third kappa shape index (κ3) is 2.94. The molecule has 3 aromatic rings. The molecule has 0 bridgehead atoms. The van der Waals surface area contributed by atoms with Crippen molar-refractivity contribution >= 4 is 33.2 Å². The molecule has 106 valence electrons. The van der Waals surface area contributed by atoms with Crippen molar-refractivity contribution in [1.82, 2.24) is 10.1 Å². The highest BCUT2D eigenvalue weighted by Crippen LogP contribution is 2.32. The molecule has 0 unspecified atom stereocenters. The quantitative estimate of drug-likeness (QED) is 0.703. The van der Waals surface area contributed by atoms with Gasteiger partial charge in [0, 0.05) is 16.6 Å². The Hall–Kier alpha value is -1.85. The van der Waals surface area contributed by atoms with Gasteiger partial charge < -0.3 is 10.3 Å². The SMILES string of the molecule is Nc1cccc(Cl)c1-c1nc(Cc2ccccc2Br)no1. The molecule has 0 aliphatic rings. The number of nitrogens with zero attached hydrogens (tertiary/aromatic N) is 2. The molecule has 3 rings (SSSR count). The summed E-state index contributed by atoms with van der Waals surface area (Å²) in [5.74, 6) is 0.913. The van der Waals surface area contributed by atoms with Crippen LogP contribution in [0.1, 0.15) is 11.4 Å². The number of nitrogen functional groups attached to an aromatic ring is 1. The fraction of sp³-hybridized carbons (Fsp3) is 0.0667. The number of halogens is 2. The van der Waals surface area contributed by atoms with Crippen LogP contribution in [-0.4, -0.2) is 10.1 Å². The Bertz CT molecular complexity index is 768. The lowest BCUT2D eigenvalue weighted by atomic mass is 10.1. The molecule has 1 aromatic heterocycles. The van der Waals surface area contributed by atoms with Crippen LogP contribution in [0.2, 0.25) is 5.02 Å². The van der Waals surface area contributed by atoms with Crippen molar-refractivity contribution in [3.63, 3.8) is 0 Å². The van der Waals surface area contributed by atoms with Gasteiger partial charge in [-0.3, -0.25) is 0 Å². The lowest BCUT2D eigenvalue weighted by Gasteiger charge is -2.02. The van der Waals surface area contributed by atoms with E-state index >= 15 is 0 Å². The van der Waals surface area contributed by atoms with E-state index in [0.29, 0.717) is 34.4 Å². The minimum absolute atomic E-state index is 0.333. The molecular weight excluding hydrogens is 354 g/mol. The second kappa shape index (κ2) is 5.87. The second-order valence-corrected chi connectivity index (χ2v) is 5.75. The number of benzene rings is 2. The van der Waals surface area contributed by atoms with Crippen LogP contribution in [0.25, 0.3) is 11.5 Å². The number of nitrogens with two attached hydrogens (primary N) is 1. The maximum Gasteiger partial charge on any atom is 0.261 e. The van der Waals surface area contributed by atoms with Crippen molar-refractivity contribution in [3.05, 3.63) is 63.3 Å². The highest BCUT2D eigenvalue weighted by molar-refractivity contribution is 9.10. The van der Waals surface area contributed by atoms with Gasteiger partial charge in [0.1, 0.15) is 0 Å². The van der Waals surface area contributed by atoms with E-state index in [0.717, 1.165) is 10.0 Å². The summed E-state index contributed by atoms with van der Waals surface area (Å²) in [6.07, 6.45) is 0.565. The van der Waals surface area contributed by atoms with Crippen LogP contribution in [-0.2, 0) is 6.42 Å². The zero-order valence-corrected chi connectivity index (χ0v) is 13.2. The first-order valence-electron chi connectivity index (χ1n) is 6.25. The van der Waals surface area contributed by atoms with Crippen molar-refractivity contribution in [2.24, 2.45) is 0 Å². The summed E-state index contributed by atoms with van der Waals surface area (Å²) in [6.45, 7) is 0. The van der Waals surface area contributed by atoms with Crippen molar-refractivity contribution in [2.75, 3.05) is 5.73 Å². The average Bonchev–Trinajstić information content (AvgIpc) is 2.89. The normalized spacial score (nSPS) is 10.8. The van der Waals surface area contributed by atoms with Crippen LogP contribution in [0, 0.1) is 0 Å². The number of anilines is 1. The molecule has 21 heavy (non-hydrogen) atoms. The van der Waals surface area contributed by atoms with E-state index in [2.05, 4.69) is 26.1 Å². The monoisotopic (exact) mass is 363 g/mol. The lowest BCUT2D eigenvalue weighted by Crippen LogP contribution is -1.93. The Balaban J connectivity index is 1.92. The first-order chi connectivity index (χ1) is 10.1. The van der Waals surface area contributed by atoms with Crippen LogP contribution in [0.5, 0.6) is 0 Å². The molecule has 2 aromatic carbocycles. The molecule has 0 saturated carbocycles. The van der Waals surface area contributed by atoms with E-state index in [1.807, 2.05) is 24.3 Å². The fourth-order valence-corrected chi connectivity index (χ4v) is 2.69. The Morgan fingerprint density at radius 1 is 1.14 bits per heavy atom. The zero-order chi connectivity index (χ0) is 14.8. The molecule has 0 spiro atoms. The van der Waals surface area contributed by atoms with Crippen LogP contribution in [0.15, 0.2) is 51.5 Å². The Labute approximate surface area is 135 Å². The van der Waals surface area contributed by atoms with Gasteiger partial charge in [0.25, 0.3) is 5.89 Å². The summed E-state index contributed by atoms with van der Waals surface area (Å²) >= 11 is 9.64. The van der Waals surface area contributed by atoms with Crippen molar-refractivity contribution < 1.29 is 4.52 Å². The maximum absolute atomic E-state index is 6.14. The standard InChI is InChI=1S/C15H11BrClN3O/c16-10-5-2-1-4-9(10)8-13-19-15(21-20-13)14-11(17)6-3-7-12(14)18/h1-7H,8,18H2. The highest BCUT2D eigenvalue weighted by atomic mass is 79.9. The molecule has 0 aliphatic heterocycles. The van der Waals surface area contributed by atoms with Crippen LogP contribution in [0.3, 0.4) is 0 Å². The van der Waals surface area contributed by atoms with Gasteiger partial charge in [0.2, 0.25) is 0 Å². The van der Waals surface area contributed by atoms with Gasteiger partial charge in [-0.15, -0.1) is 0 Å². The zero-order valence-electron chi connectivity index (χ0n) is 10.9. The number of hydrogen-bond acceptors (Lipinski definition) is 4. The molecule has 4 nitrogen and oxygen atoms in total. The largest absolute Gasteiger partial charge is 0.398 e. The van der Waals surface area contributed by atoms with Crippen molar-refractivity contribution in [2.45, 2.75) is 6.42 Å². The molecule has 0 radical (unpaired) electrons. The first-order valence-corrected chi connectivity index (χ1v) is 7.42. The number of hydrogen-bond donors (Lipinski definition) is 1. The van der Waals surface area contributed by atoms with E-state index in [-0.39, 0.29) is 0 Å². The Kier molecular flexibility index (Phi) is 3.94. The third-order valence-electron chi connectivity index (χ3n) is 3.03. The molecule has 0 atom stereocenters. The van der Waals surface area contributed by atoms with Crippen molar-refractivity contribution in [3.8, 4) is 11.5 Å². The molecular formula is C15H11BrClN3O. The maximum atomic E-state index is 6.14. The summed E-state index contributed by atoms with van der Waals surface area (Å²) in [6, 6.07) is 13.2. The van der Waals surface area contributed by atoms with E-state index in [1.165, 1.54) is 0 Å². The average molecular weight is 365 g/mol. The van der Waals surface area contributed by atoms with Gasteiger partial charge in [-0.1, -0.05) is 57.0 Å². The minimum atomic E-state index is 0.333. The fourth-order valence-electron chi connectivity index (χ4n) is 2.01. The highest BCUT2D eigenvalue weighted by Gasteiger charge is 2.15. The van der Waals surface area contributed by atoms with Gasteiger partial charge in [-0.2, -0.15) is 4.98 Å². The topological polar surface area (TPSA) is 64.9 Å². The summed E-state index contributed by atoms with van der Waals surface area (Å²) < 4.78 is 6.29. The molecule has 0 amide bonds. The summed E-state index contributed by atoms with van der Waals surface area (Å²) in [5.41, 5.74) is 8.09. The van der Waals surface area contributed by atoms with E-state index in [9.17, 15) is 0 Å². The smallest absolute Gasteiger partial charge is 0.261 e. The van der Waals surface area contributed by atoms with Crippen LogP contribution < -0.4 is 5.73 Å². The molecule has 2 N–H and O–H groups in total. The second-order valence-electron chi connectivity index (χ2n) is 4.49. The number of rotatable bonds is 3. The Morgan fingerprint density at radius 3 is 2.71 bits per heavy atom. The predicted octanol–water partition coefficient (Wildman–Crippen LogP) is 4.33. The van der Waals surface area contributed by atoms with Gasteiger partial charge in [0.15, 0.2) is 5.82 Å². The third-order valence-corrected chi connectivity index (χ3v) is 4.12. The summed E-state index contributed by atoms with van der Waals surface area (Å²) in [5, 5.41) is 4.48. The first kappa shape index (κ1) is 14.1. The van der Waals surface area contributed by atoms with E-state index in [4.69, 9.17) is 21.9 Å². The van der Waals surface area contributed by atoms with Gasteiger partial charge in [0.05, 0.1) is 10.6 Å². The number of aromatic nitrogens is 2. The molecule has 0 aliphatic carbocycles. The van der Waals surface area contributed by atoms with Gasteiger partial charge in [-0.25, -0.2) is 0 Å². The molecule has 1 heterocycles. The molecule has 6 heteroatoms. The van der Waals surface area contributed by atoms with Gasteiger partial charge >= 0.3 is 0 Å². The summed E-state index contributed by atoms with van der Waals surface area (Å²) in [4.78, 5) is 4.38. The molecule has 0 fully saturated rings. The van der Waals surface area contributed by atoms with Gasteiger partial charge in [-0.05, 0) is 23.8 Å². The van der Waals surface area contributed by atoms with Crippen LogP contribution >= 0.6 is 27.5 Å². The molecule has 0 saturated heterocycles. The Morgan fingerprint density at radius 2 is 1.95 bits per heavy atom. The van der Waals surface area contributed by atoms with E-state index < -0.39 is 0 Å². The lowest BCUT2D eigenvalue weighted by molar-refractivity contribution is 0.424. The summed E-state index contributed by atoms with van der Waals surface area (Å²) in [7, 11) is 0. The van der Waals surface area contributed by atoms with Crippen molar-refractivity contribution in [1.29, 1.82) is 0 Å². The van der Waals surface area contributed by atoms with E-state index in [1.54, 1.807) is 18.2 Å². The minimum Gasteiger partial charge on any atom is -0.398 e. The van der Waals surface area contributed by atoms with Crippen LogP contribution in [0.4, 0.5) is 5.69 Å².